The van der Waals surface area contributed by atoms with Crippen LogP contribution in [0.2, 0.25) is 0 Å². The lowest BCUT2D eigenvalue weighted by Crippen LogP contribution is -2.28. The molecule has 7 nitrogen and oxygen atoms in total. The van der Waals surface area contributed by atoms with E-state index in [2.05, 4.69) is 10.6 Å². The van der Waals surface area contributed by atoms with Gasteiger partial charge in [-0.25, -0.2) is 8.42 Å². The Morgan fingerprint density at radius 1 is 1.00 bits per heavy atom. The van der Waals surface area contributed by atoms with E-state index >= 15 is 0 Å². The van der Waals surface area contributed by atoms with Crippen molar-refractivity contribution in [3.8, 4) is 0 Å². The summed E-state index contributed by atoms with van der Waals surface area (Å²) in [4.78, 5) is 25.2. The molecule has 0 aromatic heterocycles. The third-order valence-electron chi connectivity index (χ3n) is 5.38. The van der Waals surface area contributed by atoms with Gasteiger partial charge in [-0.05, 0) is 55.0 Å². The number of carbonyl (C=O) groups excluding carboxylic acids is 2. The van der Waals surface area contributed by atoms with Crippen molar-refractivity contribution in [3.05, 3.63) is 59.7 Å². The second-order valence-electron chi connectivity index (χ2n) is 8.45. The minimum absolute atomic E-state index is 0.206. The Labute approximate surface area is 190 Å². The average Bonchev–Trinajstić information content (AvgIpc) is 3.33. The van der Waals surface area contributed by atoms with Crippen LogP contribution in [-0.4, -0.2) is 44.2 Å². The summed E-state index contributed by atoms with van der Waals surface area (Å²) >= 11 is 0. The zero-order chi connectivity index (χ0) is 23.1. The van der Waals surface area contributed by atoms with E-state index in [0.29, 0.717) is 43.2 Å². The number of rotatable bonds is 9. The highest BCUT2D eigenvalue weighted by molar-refractivity contribution is 7.89. The number of hydrogen-bond acceptors (Lipinski definition) is 4. The first kappa shape index (κ1) is 23.9. The lowest BCUT2D eigenvalue weighted by Gasteiger charge is -2.15. The molecule has 2 aromatic rings. The highest BCUT2D eigenvalue weighted by atomic mass is 32.2. The quantitative estimate of drug-likeness (QED) is 0.603. The van der Waals surface area contributed by atoms with Gasteiger partial charge in [0.1, 0.15) is 0 Å². The molecule has 0 spiro atoms. The summed E-state index contributed by atoms with van der Waals surface area (Å²) in [6.07, 6.45) is 2.49. The molecule has 1 aliphatic rings. The van der Waals surface area contributed by atoms with Gasteiger partial charge in [-0.3, -0.25) is 9.59 Å². The fraction of sp³-hybridized carbons (Fsp3) is 0.417. The van der Waals surface area contributed by atoms with E-state index in [-0.39, 0.29) is 23.1 Å². The fourth-order valence-corrected chi connectivity index (χ4v) is 5.08. The van der Waals surface area contributed by atoms with Gasteiger partial charge in [0.25, 0.3) is 5.91 Å². The van der Waals surface area contributed by atoms with Crippen LogP contribution < -0.4 is 10.6 Å². The summed E-state index contributed by atoms with van der Waals surface area (Å²) in [5.74, 6) is -0.0929. The molecule has 2 N–H and O–H groups in total. The zero-order valence-corrected chi connectivity index (χ0v) is 19.5. The maximum absolute atomic E-state index is 12.6. The van der Waals surface area contributed by atoms with Crippen molar-refractivity contribution >= 4 is 27.5 Å². The van der Waals surface area contributed by atoms with Crippen molar-refractivity contribution in [2.75, 3.05) is 25.0 Å². The van der Waals surface area contributed by atoms with Crippen molar-refractivity contribution in [1.82, 2.24) is 9.62 Å². The topological polar surface area (TPSA) is 95.6 Å². The van der Waals surface area contributed by atoms with E-state index in [1.165, 1.54) is 4.31 Å². The molecule has 0 radical (unpaired) electrons. The molecule has 1 fully saturated rings. The monoisotopic (exact) mass is 457 g/mol. The number of benzene rings is 2. The second-order valence-corrected chi connectivity index (χ2v) is 10.4. The molecule has 2 amide bonds. The normalized spacial score (nSPS) is 14.5. The van der Waals surface area contributed by atoms with Crippen molar-refractivity contribution in [2.24, 2.45) is 5.92 Å². The van der Waals surface area contributed by atoms with Crippen LogP contribution in [0.15, 0.2) is 53.4 Å². The van der Waals surface area contributed by atoms with E-state index in [0.717, 1.165) is 18.4 Å². The van der Waals surface area contributed by atoms with Crippen LogP contribution in [-0.2, 0) is 21.2 Å². The zero-order valence-electron chi connectivity index (χ0n) is 18.6. The maximum atomic E-state index is 12.6. The molecule has 3 rings (SSSR count). The fourth-order valence-electron chi connectivity index (χ4n) is 3.56. The predicted octanol–water partition coefficient (Wildman–Crippen LogP) is 3.43. The van der Waals surface area contributed by atoms with Gasteiger partial charge in [-0.15, -0.1) is 0 Å². The Morgan fingerprint density at radius 2 is 1.66 bits per heavy atom. The van der Waals surface area contributed by atoms with Crippen molar-refractivity contribution in [2.45, 2.75) is 44.4 Å². The molecule has 1 heterocycles. The first-order chi connectivity index (χ1) is 15.3. The number of anilines is 1. The van der Waals surface area contributed by atoms with E-state index < -0.39 is 10.0 Å². The van der Waals surface area contributed by atoms with Crippen LogP contribution in [0, 0.1) is 5.92 Å². The Bertz CT molecular complexity index is 1040. The number of amides is 2. The third kappa shape index (κ3) is 6.17. The second kappa shape index (κ2) is 10.7. The van der Waals surface area contributed by atoms with Gasteiger partial charge in [0.2, 0.25) is 15.9 Å². The van der Waals surface area contributed by atoms with Gasteiger partial charge >= 0.3 is 0 Å². The van der Waals surface area contributed by atoms with Gasteiger partial charge in [-0.2, -0.15) is 4.31 Å². The van der Waals surface area contributed by atoms with Crippen molar-refractivity contribution in [3.63, 3.8) is 0 Å². The minimum Gasteiger partial charge on any atom is -0.352 e. The van der Waals surface area contributed by atoms with E-state index in [1.54, 1.807) is 48.5 Å². The molecule has 172 valence electrons. The van der Waals surface area contributed by atoms with E-state index in [9.17, 15) is 18.0 Å². The van der Waals surface area contributed by atoms with Crippen LogP contribution in [0.5, 0.6) is 0 Å². The number of para-hydroxylation sites is 1. The van der Waals surface area contributed by atoms with Gasteiger partial charge in [-0.1, -0.05) is 38.1 Å². The lowest BCUT2D eigenvalue weighted by molar-refractivity contribution is -0.116. The molecule has 1 saturated heterocycles. The number of carbonyl (C=O) groups is 2. The molecule has 8 heteroatoms. The number of aryl methyl sites for hydroxylation is 1. The summed E-state index contributed by atoms with van der Waals surface area (Å²) in [6.45, 7) is 5.73. The lowest BCUT2D eigenvalue weighted by atomic mass is 10.1. The highest BCUT2D eigenvalue weighted by Crippen LogP contribution is 2.21. The summed E-state index contributed by atoms with van der Waals surface area (Å²) in [5, 5.41) is 5.68. The molecule has 0 atom stereocenters. The molecular weight excluding hydrogens is 426 g/mol. The number of nitrogens with zero attached hydrogens (tertiary/aromatic N) is 1. The molecule has 0 aliphatic carbocycles. The number of sulfonamides is 1. The molecule has 32 heavy (non-hydrogen) atoms. The first-order valence-electron chi connectivity index (χ1n) is 11.0. The third-order valence-corrected chi connectivity index (χ3v) is 7.30. The average molecular weight is 458 g/mol. The molecule has 2 aromatic carbocycles. The predicted molar refractivity (Wildman–Crippen MR) is 125 cm³/mol. The van der Waals surface area contributed by atoms with E-state index in [4.69, 9.17) is 0 Å². The summed E-state index contributed by atoms with van der Waals surface area (Å²) in [7, 11) is -3.43. The molecule has 0 unspecified atom stereocenters. The Morgan fingerprint density at radius 3 is 2.31 bits per heavy atom. The molecule has 0 bridgehead atoms. The van der Waals surface area contributed by atoms with Gasteiger partial charge in [0, 0.05) is 26.1 Å². The molecule has 1 aliphatic heterocycles. The van der Waals surface area contributed by atoms with Gasteiger partial charge < -0.3 is 10.6 Å². The van der Waals surface area contributed by atoms with Crippen LogP contribution >= 0.6 is 0 Å². The number of nitrogens with one attached hydrogen (secondary N) is 2. The van der Waals surface area contributed by atoms with Crippen molar-refractivity contribution in [1.29, 1.82) is 0 Å². The van der Waals surface area contributed by atoms with Crippen LogP contribution in [0.3, 0.4) is 0 Å². The smallest absolute Gasteiger partial charge is 0.253 e. The van der Waals surface area contributed by atoms with Crippen LogP contribution in [0.25, 0.3) is 0 Å². The van der Waals surface area contributed by atoms with Crippen LogP contribution in [0.4, 0.5) is 5.69 Å². The van der Waals surface area contributed by atoms with Crippen molar-refractivity contribution < 1.29 is 18.0 Å². The Balaban J connectivity index is 1.57. The number of hydrogen-bond donors (Lipinski definition) is 2. The first-order valence-corrected chi connectivity index (χ1v) is 12.5. The maximum Gasteiger partial charge on any atom is 0.253 e. The molecule has 0 saturated carbocycles. The minimum atomic E-state index is -3.43. The summed E-state index contributed by atoms with van der Waals surface area (Å²) in [5.41, 5.74) is 1.78. The van der Waals surface area contributed by atoms with Crippen LogP contribution in [0.1, 0.15) is 49.0 Å². The highest BCUT2D eigenvalue weighted by Gasteiger charge is 2.26. The Hall–Kier alpha value is -2.71. The standard InChI is InChI=1S/C24H31N3O4S/c1-18(2)17-25-24(29)21-7-3-4-8-22(21)26-23(28)14-11-19-9-12-20(13-10-19)32(30,31)27-15-5-6-16-27/h3-4,7-10,12-13,18H,5-6,11,14-17H2,1-2H3,(H,25,29)(H,26,28). The summed E-state index contributed by atoms with van der Waals surface area (Å²) < 4.78 is 26.7. The SMILES string of the molecule is CC(C)CNC(=O)c1ccccc1NC(=O)CCc1ccc(S(=O)(=O)N2CCCC2)cc1. The van der Waals surface area contributed by atoms with E-state index in [1.807, 2.05) is 13.8 Å². The van der Waals surface area contributed by atoms with Gasteiger partial charge in [0.05, 0.1) is 16.1 Å². The largest absolute Gasteiger partial charge is 0.352 e. The summed E-state index contributed by atoms with van der Waals surface area (Å²) in [6, 6.07) is 13.6. The van der Waals surface area contributed by atoms with Gasteiger partial charge in [0.15, 0.2) is 0 Å². The molecular formula is C24H31N3O4S. The Kier molecular flexibility index (Phi) is 8.04.